The van der Waals surface area contributed by atoms with Crippen LogP contribution in [0.5, 0.6) is 0 Å². The Balaban J connectivity index is 0.000000327. The van der Waals surface area contributed by atoms with E-state index in [9.17, 15) is 0 Å². The molecule has 114 valence electrons. The van der Waals surface area contributed by atoms with Crippen LogP contribution in [0.1, 0.15) is 54.4 Å². The molecule has 2 rings (SSSR count). The zero-order chi connectivity index (χ0) is 16.4. The Morgan fingerprint density at radius 3 is 1.29 bits per heavy atom. The van der Waals surface area contributed by atoms with Crippen molar-refractivity contribution in [2.24, 2.45) is 0 Å². The summed E-state index contributed by atoms with van der Waals surface area (Å²) >= 11 is -0.826. The van der Waals surface area contributed by atoms with Crippen molar-refractivity contribution in [1.82, 2.24) is 0 Å². The Hall–Kier alpha value is 1.46. The van der Waals surface area contributed by atoms with Crippen LogP contribution in [0.25, 0.3) is 0 Å². The van der Waals surface area contributed by atoms with Crippen molar-refractivity contribution >= 4 is 17.0 Å². The summed E-state index contributed by atoms with van der Waals surface area (Å²) in [5.74, 6) is 8.80. The quantitative estimate of drug-likeness (QED) is 0.490. The molecule has 2 fully saturated rings. The van der Waals surface area contributed by atoms with E-state index in [1.54, 1.807) is 0 Å². The summed E-state index contributed by atoms with van der Waals surface area (Å²) in [5, 5.41) is 0. The van der Waals surface area contributed by atoms with Gasteiger partial charge in [0, 0.05) is 0 Å². The predicted octanol–water partition coefficient (Wildman–Crippen LogP) is 6.54. The fourth-order valence-electron chi connectivity index (χ4n) is 2.28. The first-order valence-corrected chi connectivity index (χ1v) is 13.6. The van der Waals surface area contributed by atoms with Crippen LogP contribution in [0.3, 0.4) is 0 Å². The second-order valence-corrected chi connectivity index (χ2v) is 8.97. The molecule has 0 aromatic carbocycles. The third-order valence-electron chi connectivity index (χ3n) is 4.08. The Bertz CT molecular complexity index is 197. The number of hydrogen-bond acceptors (Lipinski definition) is 0. The Morgan fingerprint density at radius 2 is 1.05 bits per heavy atom. The molecule has 0 aromatic heterocycles. The number of hydrogen-bond donors (Lipinski definition) is 0. The van der Waals surface area contributed by atoms with Gasteiger partial charge in [-0.05, 0) is 67.6 Å². The van der Waals surface area contributed by atoms with Crippen molar-refractivity contribution in [3.8, 4) is 0 Å². The minimum absolute atomic E-state index is 0.826. The van der Waals surface area contributed by atoms with Gasteiger partial charge in [-0.1, -0.05) is 48.0 Å². The maximum absolute atomic E-state index is 4.93. The summed E-state index contributed by atoms with van der Waals surface area (Å²) in [5.41, 5.74) is 0. The van der Waals surface area contributed by atoms with E-state index in [0.717, 1.165) is 0 Å². The molecule has 2 saturated carbocycles. The van der Waals surface area contributed by atoms with Gasteiger partial charge in [-0.3, -0.25) is 0 Å². The topological polar surface area (TPSA) is 0 Å². The average molecular weight is 405 g/mol. The van der Waals surface area contributed by atoms with E-state index in [1.165, 1.54) is 48.3 Å². The fourth-order valence-corrected chi connectivity index (χ4v) is 2.28. The van der Waals surface area contributed by atoms with Crippen molar-refractivity contribution in [3.63, 3.8) is 0 Å². The van der Waals surface area contributed by atoms with Crippen LogP contribution in [-0.2, 0) is 20.8 Å². The first kappa shape index (κ1) is 22.5. The summed E-state index contributed by atoms with van der Waals surface area (Å²) < 4.78 is 0. The maximum atomic E-state index is 4.93. The van der Waals surface area contributed by atoms with E-state index >= 15 is 0 Å². The van der Waals surface area contributed by atoms with Gasteiger partial charge < -0.3 is 0 Å². The fraction of sp³-hybridized carbons (Fsp3) is 0.444. The molecule has 0 bridgehead atoms. The Kier molecular flexibility index (Phi) is 13.7. The van der Waals surface area contributed by atoms with Crippen LogP contribution in [0.15, 0.2) is 0 Å². The van der Waals surface area contributed by atoms with Crippen LogP contribution in [-0.4, -0.2) is 0 Å². The predicted molar refractivity (Wildman–Crippen MR) is 91.6 cm³/mol. The van der Waals surface area contributed by atoms with Gasteiger partial charge >= 0.3 is 37.9 Å². The monoisotopic (exact) mass is 402 g/mol. The summed E-state index contributed by atoms with van der Waals surface area (Å²) in [7, 11) is 9.87. The second-order valence-electron chi connectivity index (χ2n) is 5.24. The molecule has 0 nitrogen and oxygen atoms in total. The van der Waals surface area contributed by atoms with Gasteiger partial charge in [0.05, 0.1) is 0 Å². The molecule has 2 aliphatic rings. The summed E-state index contributed by atoms with van der Waals surface area (Å²) in [6.45, 7) is 13.2. The molecule has 0 N–H and O–H groups in total. The standard InChI is InChI=1S/C10H15.C8H11.2ClH.Zr/c1-6-7(2)9(4)10(5)8(6)3;1-2-5-8-6-3-4-7-8;;;/h1-5H3;3-4,6-7H,2,5H2,1H3;2*1H;/q;;;;+4/p-2. The molecule has 0 heterocycles. The first-order valence-electron chi connectivity index (χ1n) is 7.27. The molecular formula is C18H26Cl2Zr+2. The van der Waals surface area contributed by atoms with Crippen LogP contribution < -0.4 is 0 Å². The summed E-state index contributed by atoms with van der Waals surface area (Å²) in [6.07, 6.45) is 11.0. The Morgan fingerprint density at radius 1 is 0.762 bits per heavy atom. The van der Waals surface area contributed by atoms with Gasteiger partial charge in [-0.15, -0.1) is 0 Å². The van der Waals surface area contributed by atoms with Gasteiger partial charge in [0.2, 0.25) is 0 Å². The van der Waals surface area contributed by atoms with Crippen LogP contribution >= 0.6 is 17.0 Å². The Labute approximate surface area is 152 Å². The van der Waals surface area contributed by atoms with Crippen molar-refractivity contribution in [2.75, 3.05) is 0 Å². The number of halogens is 2. The normalized spacial score (nSPS) is 22.5. The zero-order valence-electron chi connectivity index (χ0n) is 14.0. The molecule has 0 amide bonds. The van der Waals surface area contributed by atoms with Gasteiger partial charge in [-0.2, -0.15) is 0 Å². The molecule has 0 atom stereocenters. The van der Waals surface area contributed by atoms with Crippen molar-refractivity contribution in [3.05, 3.63) is 61.2 Å². The molecule has 0 aromatic rings. The SMILES string of the molecule is CCC[C]1[CH][CH][CH][CH]1.C[C]1[C](C)[C](C)[C](C)[C]1C.[Cl][Zr+2][Cl]. The third-order valence-corrected chi connectivity index (χ3v) is 4.08. The molecule has 0 aliphatic heterocycles. The first-order chi connectivity index (χ1) is 9.90. The molecule has 10 radical (unpaired) electrons. The second kappa shape index (κ2) is 12.8. The molecular weight excluding hydrogens is 378 g/mol. The van der Waals surface area contributed by atoms with E-state index < -0.39 is 20.8 Å². The van der Waals surface area contributed by atoms with Crippen molar-refractivity contribution < 1.29 is 20.8 Å². The molecule has 21 heavy (non-hydrogen) atoms. The van der Waals surface area contributed by atoms with Gasteiger partial charge in [0.1, 0.15) is 0 Å². The van der Waals surface area contributed by atoms with Gasteiger partial charge in [-0.25, -0.2) is 0 Å². The van der Waals surface area contributed by atoms with Gasteiger partial charge in [0.25, 0.3) is 0 Å². The summed E-state index contributed by atoms with van der Waals surface area (Å²) in [6, 6.07) is 0. The average Bonchev–Trinajstić information content (AvgIpc) is 3.03. The van der Waals surface area contributed by atoms with E-state index in [2.05, 4.69) is 67.2 Å². The van der Waals surface area contributed by atoms with Crippen LogP contribution in [0, 0.1) is 61.2 Å². The van der Waals surface area contributed by atoms with Gasteiger partial charge in [0.15, 0.2) is 0 Å². The minimum atomic E-state index is -0.826. The summed E-state index contributed by atoms with van der Waals surface area (Å²) in [4.78, 5) is 0. The molecule has 2 aliphatic carbocycles. The van der Waals surface area contributed by atoms with Crippen molar-refractivity contribution in [1.29, 1.82) is 0 Å². The molecule has 0 unspecified atom stereocenters. The molecule has 3 heteroatoms. The molecule has 0 saturated heterocycles. The van der Waals surface area contributed by atoms with E-state index in [-0.39, 0.29) is 0 Å². The van der Waals surface area contributed by atoms with E-state index in [4.69, 9.17) is 17.0 Å². The van der Waals surface area contributed by atoms with Crippen LogP contribution in [0.4, 0.5) is 0 Å². The van der Waals surface area contributed by atoms with Crippen LogP contribution in [0.2, 0.25) is 0 Å². The third kappa shape index (κ3) is 8.21. The van der Waals surface area contributed by atoms with E-state index in [1.807, 2.05) is 0 Å². The number of rotatable bonds is 2. The van der Waals surface area contributed by atoms with Crippen molar-refractivity contribution in [2.45, 2.75) is 54.4 Å². The molecule has 0 spiro atoms. The van der Waals surface area contributed by atoms with E-state index in [0.29, 0.717) is 0 Å². The zero-order valence-corrected chi connectivity index (χ0v) is 17.9.